The van der Waals surface area contributed by atoms with Crippen LogP contribution in [-0.2, 0) is 13.0 Å². The van der Waals surface area contributed by atoms with E-state index in [2.05, 4.69) is 18.2 Å². The molecule has 1 aliphatic carbocycles. The first-order chi connectivity index (χ1) is 7.29. The molecule has 15 heavy (non-hydrogen) atoms. The molecule has 0 spiro atoms. The molecule has 1 aromatic heterocycles. The first-order valence-corrected chi connectivity index (χ1v) is 6.38. The molecular formula is C12H19ClN2. The van der Waals surface area contributed by atoms with Crippen LogP contribution in [0, 0.1) is 5.92 Å². The van der Waals surface area contributed by atoms with Crippen molar-refractivity contribution in [3.63, 3.8) is 0 Å². The largest absolute Gasteiger partial charge is 0.273 e. The van der Waals surface area contributed by atoms with Crippen LogP contribution in [-0.4, -0.2) is 15.2 Å². The molecule has 1 aliphatic rings. The van der Waals surface area contributed by atoms with Gasteiger partial charge in [-0.25, -0.2) is 0 Å². The molecule has 84 valence electrons. The number of aromatic nitrogens is 2. The highest BCUT2D eigenvalue weighted by Crippen LogP contribution is 2.31. The highest BCUT2D eigenvalue weighted by molar-refractivity contribution is 6.20. The molecule has 1 fully saturated rings. The second-order valence-electron chi connectivity index (χ2n) is 4.47. The van der Waals surface area contributed by atoms with E-state index in [9.17, 15) is 0 Å². The molecule has 1 aromatic rings. The third kappa shape index (κ3) is 2.75. The van der Waals surface area contributed by atoms with Crippen LogP contribution < -0.4 is 0 Å². The van der Waals surface area contributed by atoms with Crippen molar-refractivity contribution in [2.75, 3.05) is 0 Å². The Morgan fingerprint density at radius 3 is 2.93 bits per heavy atom. The van der Waals surface area contributed by atoms with Crippen LogP contribution in [0.2, 0.25) is 0 Å². The lowest BCUT2D eigenvalue weighted by atomic mass is 9.85. The van der Waals surface area contributed by atoms with E-state index in [4.69, 9.17) is 11.6 Å². The fraction of sp³-hybridized carbons (Fsp3) is 0.750. The lowest BCUT2D eigenvalue weighted by Gasteiger charge is -2.26. The van der Waals surface area contributed by atoms with Crippen molar-refractivity contribution < 1.29 is 0 Å². The molecule has 2 unspecified atom stereocenters. The van der Waals surface area contributed by atoms with E-state index in [1.165, 1.54) is 31.2 Å². The number of nitrogens with zero attached hydrogens (tertiary/aromatic N) is 2. The van der Waals surface area contributed by atoms with Gasteiger partial charge in [0.15, 0.2) is 0 Å². The zero-order valence-electron chi connectivity index (χ0n) is 9.32. The van der Waals surface area contributed by atoms with E-state index in [1.807, 2.05) is 10.9 Å². The second kappa shape index (κ2) is 5.02. The van der Waals surface area contributed by atoms with Crippen molar-refractivity contribution in [1.29, 1.82) is 0 Å². The molecular weight excluding hydrogens is 208 g/mol. The van der Waals surface area contributed by atoms with Crippen molar-refractivity contribution in [1.82, 2.24) is 9.78 Å². The van der Waals surface area contributed by atoms with Crippen molar-refractivity contribution in [2.24, 2.45) is 5.92 Å². The summed E-state index contributed by atoms with van der Waals surface area (Å²) in [4.78, 5) is 0. The van der Waals surface area contributed by atoms with E-state index in [-0.39, 0.29) is 0 Å². The Bertz CT molecular complexity index is 308. The summed E-state index contributed by atoms with van der Waals surface area (Å²) >= 11 is 6.35. The summed E-state index contributed by atoms with van der Waals surface area (Å²) in [5.41, 5.74) is 1.34. The average molecular weight is 227 g/mol. The van der Waals surface area contributed by atoms with E-state index in [0.29, 0.717) is 11.3 Å². The Hall–Kier alpha value is -0.500. The zero-order chi connectivity index (χ0) is 10.7. The maximum Gasteiger partial charge on any atom is 0.0521 e. The summed E-state index contributed by atoms with van der Waals surface area (Å²) in [6.45, 7) is 3.07. The third-order valence-electron chi connectivity index (χ3n) is 3.32. The monoisotopic (exact) mass is 226 g/mol. The molecule has 3 heteroatoms. The number of alkyl halides is 1. The maximum atomic E-state index is 6.35. The fourth-order valence-electron chi connectivity index (χ4n) is 2.38. The minimum Gasteiger partial charge on any atom is -0.273 e. The predicted molar refractivity (Wildman–Crippen MR) is 63.2 cm³/mol. The maximum absolute atomic E-state index is 6.35. The molecule has 1 saturated carbocycles. The number of rotatable bonds is 3. The molecule has 0 aromatic carbocycles. The summed E-state index contributed by atoms with van der Waals surface area (Å²) in [6, 6.07) is 0. The third-order valence-corrected chi connectivity index (χ3v) is 3.90. The molecule has 2 rings (SSSR count). The molecule has 2 nitrogen and oxygen atoms in total. The van der Waals surface area contributed by atoms with Crippen LogP contribution in [0.3, 0.4) is 0 Å². The quantitative estimate of drug-likeness (QED) is 0.724. The molecule has 0 radical (unpaired) electrons. The summed E-state index contributed by atoms with van der Waals surface area (Å²) in [7, 11) is 0. The van der Waals surface area contributed by atoms with Crippen LogP contribution >= 0.6 is 11.6 Å². The first-order valence-electron chi connectivity index (χ1n) is 5.95. The standard InChI is InChI=1S/C12H19ClN2/c1-2-15-9-10(8-14-15)7-11-5-3-4-6-12(11)13/h8-9,11-12H,2-7H2,1H3. The predicted octanol–water partition coefficient (Wildman–Crippen LogP) is 3.24. The van der Waals surface area contributed by atoms with Gasteiger partial charge in [0, 0.05) is 18.1 Å². The Kier molecular flexibility index (Phi) is 3.68. The lowest BCUT2D eigenvalue weighted by Crippen LogP contribution is -2.21. The fourth-order valence-corrected chi connectivity index (χ4v) is 2.75. The minimum absolute atomic E-state index is 0.378. The van der Waals surface area contributed by atoms with Crippen LogP contribution in [0.4, 0.5) is 0 Å². The van der Waals surface area contributed by atoms with Gasteiger partial charge in [-0.15, -0.1) is 11.6 Å². The van der Waals surface area contributed by atoms with Gasteiger partial charge in [0.05, 0.1) is 6.20 Å². The Morgan fingerprint density at radius 2 is 2.27 bits per heavy atom. The normalized spacial score (nSPS) is 26.8. The summed E-state index contributed by atoms with van der Waals surface area (Å²) in [6.07, 6.45) is 10.4. The molecule has 0 saturated heterocycles. The van der Waals surface area contributed by atoms with Crippen LogP contribution in [0.5, 0.6) is 0 Å². The van der Waals surface area contributed by atoms with E-state index < -0.39 is 0 Å². The van der Waals surface area contributed by atoms with Crippen molar-refractivity contribution in [3.8, 4) is 0 Å². The SMILES string of the molecule is CCn1cc(CC2CCCCC2Cl)cn1. The van der Waals surface area contributed by atoms with Gasteiger partial charge in [-0.2, -0.15) is 5.10 Å². The van der Waals surface area contributed by atoms with Crippen molar-refractivity contribution >= 4 is 11.6 Å². The first kappa shape index (κ1) is 11.0. The number of hydrogen-bond acceptors (Lipinski definition) is 1. The van der Waals surface area contributed by atoms with Gasteiger partial charge in [-0.3, -0.25) is 4.68 Å². The topological polar surface area (TPSA) is 17.8 Å². The zero-order valence-corrected chi connectivity index (χ0v) is 10.1. The Labute approximate surface area is 96.6 Å². The second-order valence-corrected chi connectivity index (χ2v) is 5.03. The van der Waals surface area contributed by atoms with Gasteiger partial charge in [-0.1, -0.05) is 12.8 Å². The van der Waals surface area contributed by atoms with Gasteiger partial charge in [0.2, 0.25) is 0 Å². The lowest BCUT2D eigenvalue weighted by molar-refractivity contribution is 0.363. The van der Waals surface area contributed by atoms with E-state index in [1.54, 1.807) is 0 Å². The van der Waals surface area contributed by atoms with Gasteiger partial charge in [0.1, 0.15) is 0 Å². The van der Waals surface area contributed by atoms with Gasteiger partial charge < -0.3 is 0 Å². The van der Waals surface area contributed by atoms with Crippen molar-refractivity contribution in [3.05, 3.63) is 18.0 Å². The van der Waals surface area contributed by atoms with Crippen LogP contribution in [0.25, 0.3) is 0 Å². The summed E-state index contributed by atoms with van der Waals surface area (Å²) < 4.78 is 1.99. The van der Waals surface area contributed by atoms with E-state index >= 15 is 0 Å². The van der Waals surface area contributed by atoms with Gasteiger partial charge >= 0.3 is 0 Å². The van der Waals surface area contributed by atoms with Crippen LogP contribution in [0.15, 0.2) is 12.4 Å². The number of hydrogen-bond donors (Lipinski definition) is 0. The van der Waals surface area contributed by atoms with Crippen molar-refractivity contribution in [2.45, 2.75) is 50.9 Å². The molecule has 0 amide bonds. The van der Waals surface area contributed by atoms with Crippen LogP contribution in [0.1, 0.15) is 38.2 Å². The molecule has 0 N–H and O–H groups in total. The molecule has 0 aliphatic heterocycles. The molecule has 0 bridgehead atoms. The number of aryl methyl sites for hydroxylation is 1. The highest BCUT2D eigenvalue weighted by Gasteiger charge is 2.23. The smallest absolute Gasteiger partial charge is 0.0521 e. The van der Waals surface area contributed by atoms with Gasteiger partial charge in [-0.05, 0) is 37.7 Å². The Balaban J connectivity index is 1.95. The molecule has 2 atom stereocenters. The average Bonchev–Trinajstić information content (AvgIpc) is 2.69. The highest BCUT2D eigenvalue weighted by atomic mass is 35.5. The summed E-state index contributed by atoms with van der Waals surface area (Å²) in [5, 5.41) is 4.68. The Morgan fingerprint density at radius 1 is 1.47 bits per heavy atom. The van der Waals surface area contributed by atoms with E-state index in [0.717, 1.165) is 13.0 Å². The minimum atomic E-state index is 0.378. The van der Waals surface area contributed by atoms with Gasteiger partial charge in [0.25, 0.3) is 0 Å². The molecule has 1 heterocycles. The summed E-state index contributed by atoms with van der Waals surface area (Å²) in [5.74, 6) is 0.662. The number of halogens is 1.